The fourth-order valence-electron chi connectivity index (χ4n) is 3.01. The zero-order valence-electron chi connectivity index (χ0n) is 15.0. The Morgan fingerprint density at radius 1 is 1.08 bits per heavy atom. The first-order valence-corrected chi connectivity index (χ1v) is 8.78. The third kappa shape index (κ3) is 6.25. The van der Waals surface area contributed by atoms with E-state index in [1.54, 1.807) is 12.1 Å². The molecule has 1 fully saturated rings. The van der Waals surface area contributed by atoms with Crippen molar-refractivity contribution in [2.24, 2.45) is 0 Å². The van der Waals surface area contributed by atoms with Crippen LogP contribution < -0.4 is 4.74 Å². The molecule has 1 aliphatic rings. The van der Waals surface area contributed by atoms with E-state index in [1.807, 2.05) is 30.9 Å². The molecule has 7 heteroatoms. The van der Waals surface area contributed by atoms with Gasteiger partial charge < -0.3 is 9.64 Å². The number of nitrogens with zero attached hydrogens (tertiary/aromatic N) is 3. The smallest absolute Gasteiger partial charge is 0.387 e. The molecule has 1 aliphatic heterocycles. The lowest BCUT2D eigenvalue weighted by Gasteiger charge is -2.35. The van der Waals surface area contributed by atoms with Crippen molar-refractivity contribution < 1.29 is 18.3 Å². The van der Waals surface area contributed by atoms with Gasteiger partial charge >= 0.3 is 6.61 Å². The molecule has 0 unspecified atom stereocenters. The van der Waals surface area contributed by atoms with Gasteiger partial charge in [0.15, 0.2) is 0 Å². The van der Waals surface area contributed by atoms with Gasteiger partial charge in [-0.1, -0.05) is 12.1 Å². The Bertz CT molecular complexity index is 528. The number of likely N-dealkylation sites (N-methyl/N-ethyl adjacent to an activating group) is 1. The van der Waals surface area contributed by atoms with Crippen LogP contribution in [0.1, 0.15) is 19.4 Å². The van der Waals surface area contributed by atoms with Crippen LogP contribution in [0.2, 0.25) is 0 Å². The molecule has 0 radical (unpaired) electrons. The maximum absolute atomic E-state index is 12.2. The minimum Gasteiger partial charge on any atom is -0.435 e. The van der Waals surface area contributed by atoms with Gasteiger partial charge in [0.05, 0.1) is 6.54 Å². The summed E-state index contributed by atoms with van der Waals surface area (Å²) in [5, 5.41) is 0. The van der Waals surface area contributed by atoms with Crippen LogP contribution in [-0.2, 0) is 11.3 Å². The van der Waals surface area contributed by atoms with Gasteiger partial charge in [0.2, 0.25) is 5.91 Å². The maximum atomic E-state index is 12.2. The van der Waals surface area contributed by atoms with E-state index >= 15 is 0 Å². The molecule has 5 nitrogen and oxygen atoms in total. The van der Waals surface area contributed by atoms with Crippen molar-refractivity contribution in [2.75, 3.05) is 45.8 Å². The van der Waals surface area contributed by atoms with Crippen LogP contribution in [0.5, 0.6) is 5.75 Å². The second-order valence-electron chi connectivity index (χ2n) is 6.14. The van der Waals surface area contributed by atoms with E-state index in [0.29, 0.717) is 6.54 Å². The highest BCUT2D eigenvalue weighted by atomic mass is 19.3. The molecule has 0 saturated carbocycles. The average Bonchev–Trinajstić information content (AvgIpc) is 2.59. The van der Waals surface area contributed by atoms with E-state index in [1.165, 1.54) is 0 Å². The monoisotopic (exact) mass is 355 g/mol. The molecule has 0 aromatic heterocycles. The lowest BCUT2D eigenvalue weighted by Crippen LogP contribution is -2.49. The minimum atomic E-state index is -2.79. The molecule has 140 valence electrons. The Morgan fingerprint density at radius 3 is 2.16 bits per heavy atom. The fourth-order valence-corrected chi connectivity index (χ4v) is 3.01. The average molecular weight is 355 g/mol. The van der Waals surface area contributed by atoms with Gasteiger partial charge in [-0.3, -0.25) is 14.6 Å². The first kappa shape index (κ1) is 19.6. The molecule has 1 amide bonds. The van der Waals surface area contributed by atoms with Crippen LogP contribution in [0.3, 0.4) is 0 Å². The second kappa shape index (κ2) is 9.68. The highest BCUT2D eigenvalue weighted by Crippen LogP contribution is 2.16. The van der Waals surface area contributed by atoms with E-state index in [4.69, 9.17) is 0 Å². The summed E-state index contributed by atoms with van der Waals surface area (Å²) in [6.45, 7) is 7.45. The summed E-state index contributed by atoms with van der Waals surface area (Å²) >= 11 is 0. The molecule has 25 heavy (non-hydrogen) atoms. The molecule has 1 saturated heterocycles. The maximum Gasteiger partial charge on any atom is 0.387 e. The van der Waals surface area contributed by atoms with E-state index < -0.39 is 6.61 Å². The number of rotatable bonds is 8. The zero-order valence-corrected chi connectivity index (χ0v) is 15.0. The van der Waals surface area contributed by atoms with Crippen molar-refractivity contribution >= 4 is 5.91 Å². The van der Waals surface area contributed by atoms with Crippen LogP contribution in [0.4, 0.5) is 8.78 Å². The minimum absolute atomic E-state index is 0.179. The molecule has 0 atom stereocenters. The standard InChI is InChI=1S/C18H27F2N3O2/c1-3-23(4-2)17(24)14-22-11-9-21(10-12-22)13-15-5-7-16(8-6-15)25-18(19)20/h5-8,18H,3-4,9-14H2,1-2H3. The summed E-state index contributed by atoms with van der Waals surface area (Å²) in [6, 6.07) is 6.77. The van der Waals surface area contributed by atoms with Crippen molar-refractivity contribution in [3.8, 4) is 5.75 Å². The van der Waals surface area contributed by atoms with Gasteiger partial charge in [-0.2, -0.15) is 8.78 Å². The Hall–Kier alpha value is -1.73. The summed E-state index contributed by atoms with van der Waals surface area (Å²) in [5.41, 5.74) is 1.06. The lowest BCUT2D eigenvalue weighted by molar-refractivity contribution is -0.132. The first-order chi connectivity index (χ1) is 12.0. The molecule has 1 aromatic carbocycles. The summed E-state index contributed by atoms with van der Waals surface area (Å²) in [7, 11) is 0. The van der Waals surface area contributed by atoms with Gasteiger partial charge in [0, 0.05) is 45.8 Å². The molecule has 0 spiro atoms. The van der Waals surface area contributed by atoms with Crippen LogP contribution >= 0.6 is 0 Å². The molecule has 0 N–H and O–H groups in total. The molecule has 1 heterocycles. The molecule has 2 rings (SSSR count). The molecule has 0 bridgehead atoms. The summed E-state index contributed by atoms with van der Waals surface area (Å²) in [4.78, 5) is 18.5. The van der Waals surface area contributed by atoms with Crippen molar-refractivity contribution in [2.45, 2.75) is 27.0 Å². The number of hydrogen-bond donors (Lipinski definition) is 0. The van der Waals surface area contributed by atoms with Crippen LogP contribution in [-0.4, -0.2) is 73.0 Å². The summed E-state index contributed by atoms with van der Waals surface area (Å²) in [5.74, 6) is 0.367. The van der Waals surface area contributed by atoms with Gasteiger partial charge in [-0.25, -0.2) is 0 Å². The van der Waals surface area contributed by atoms with Crippen LogP contribution in [0.15, 0.2) is 24.3 Å². The van der Waals surface area contributed by atoms with Gasteiger partial charge in [0.1, 0.15) is 5.75 Å². The van der Waals surface area contributed by atoms with E-state index in [-0.39, 0.29) is 11.7 Å². The van der Waals surface area contributed by atoms with Crippen LogP contribution in [0, 0.1) is 0 Å². The topological polar surface area (TPSA) is 36.0 Å². The van der Waals surface area contributed by atoms with Gasteiger partial charge in [-0.15, -0.1) is 0 Å². The Morgan fingerprint density at radius 2 is 1.64 bits per heavy atom. The lowest BCUT2D eigenvalue weighted by atomic mass is 10.2. The van der Waals surface area contributed by atoms with Gasteiger partial charge in [0.25, 0.3) is 0 Å². The van der Waals surface area contributed by atoms with Gasteiger partial charge in [-0.05, 0) is 31.5 Å². The number of carbonyl (C=O) groups excluding carboxylic acids is 1. The first-order valence-electron chi connectivity index (χ1n) is 8.78. The predicted molar refractivity (Wildman–Crippen MR) is 92.7 cm³/mol. The Labute approximate surface area is 148 Å². The largest absolute Gasteiger partial charge is 0.435 e. The predicted octanol–water partition coefficient (Wildman–Crippen LogP) is 2.27. The van der Waals surface area contributed by atoms with Crippen molar-refractivity contribution in [1.29, 1.82) is 0 Å². The van der Waals surface area contributed by atoms with Crippen molar-refractivity contribution in [3.05, 3.63) is 29.8 Å². The number of benzene rings is 1. The third-order valence-corrected chi connectivity index (χ3v) is 4.49. The highest BCUT2D eigenvalue weighted by molar-refractivity contribution is 5.78. The number of hydrogen-bond acceptors (Lipinski definition) is 4. The normalized spacial score (nSPS) is 16.2. The number of alkyl halides is 2. The van der Waals surface area contributed by atoms with Crippen LogP contribution in [0.25, 0.3) is 0 Å². The molecular formula is C18H27F2N3O2. The number of halogens is 2. The highest BCUT2D eigenvalue weighted by Gasteiger charge is 2.20. The number of amides is 1. The third-order valence-electron chi connectivity index (χ3n) is 4.49. The molecular weight excluding hydrogens is 328 g/mol. The van der Waals surface area contributed by atoms with Crippen molar-refractivity contribution in [1.82, 2.24) is 14.7 Å². The van der Waals surface area contributed by atoms with E-state index in [0.717, 1.165) is 51.4 Å². The van der Waals surface area contributed by atoms with E-state index in [2.05, 4.69) is 14.5 Å². The summed E-state index contributed by atoms with van der Waals surface area (Å²) in [6.07, 6.45) is 0. The zero-order chi connectivity index (χ0) is 18.2. The number of ether oxygens (including phenoxy) is 1. The summed E-state index contributed by atoms with van der Waals surface area (Å²) < 4.78 is 28.7. The van der Waals surface area contributed by atoms with Crippen molar-refractivity contribution in [3.63, 3.8) is 0 Å². The fraction of sp³-hybridized carbons (Fsp3) is 0.611. The molecule has 1 aromatic rings. The Kier molecular flexibility index (Phi) is 7.58. The van der Waals surface area contributed by atoms with E-state index in [9.17, 15) is 13.6 Å². The Balaban J connectivity index is 1.75. The number of carbonyl (C=O) groups is 1. The number of piperazine rings is 1. The SMILES string of the molecule is CCN(CC)C(=O)CN1CCN(Cc2ccc(OC(F)F)cc2)CC1. The molecule has 0 aliphatic carbocycles. The quantitative estimate of drug-likeness (QED) is 0.717. The second-order valence-corrected chi connectivity index (χ2v) is 6.14.